The second-order valence-corrected chi connectivity index (χ2v) is 8.00. The van der Waals surface area contributed by atoms with E-state index in [9.17, 15) is 8.42 Å². The van der Waals surface area contributed by atoms with E-state index in [0.29, 0.717) is 38.1 Å². The summed E-state index contributed by atoms with van der Waals surface area (Å²) >= 11 is 0. The zero-order chi connectivity index (χ0) is 15.0. The molecule has 0 radical (unpaired) electrons. The van der Waals surface area contributed by atoms with E-state index in [1.54, 1.807) is 4.31 Å². The van der Waals surface area contributed by atoms with Gasteiger partial charge in [-0.3, -0.25) is 0 Å². The van der Waals surface area contributed by atoms with E-state index >= 15 is 0 Å². The summed E-state index contributed by atoms with van der Waals surface area (Å²) in [4.78, 5) is 0. The standard InChI is InChI=1S/C14H30N2O3S/c1-4-19-9-10-20(17,18)16-7-5-14(6-8-16)12-15-11-13(2)3/h13-15H,4-12H2,1-3H3. The van der Waals surface area contributed by atoms with Gasteiger partial charge < -0.3 is 10.1 Å². The molecule has 0 aromatic rings. The highest BCUT2D eigenvalue weighted by Gasteiger charge is 2.27. The average Bonchev–Trinajstić information content (AvgIpc) is 2.39. The van der Waals surface area contributed by atoms with Gasteiger partial charge in [0.25, 0.3) is 0 Å². The Kier molecular flexibility index (Phi) is 8.02. The molecule has 6 heteroatoms. The maximum Gasteiger partial charge on any atom is 0.216 e. The molecule has 1 fully saturated rings. The van der Waals surface area contributed by atoms with Crippen molar-refractivity contribution in [2.24, 2.45) is 11.8 Å². The Bertz CT molecular complexity index is 349. The molecule has 1 saturated heterocycles. The van der Waals surface area contributed by atoms with Crippen molar-refractivity contribution in [1.29, 1.82) is 0 Å². The van der Waals surface area contributed by atoms with E-state index in [2.05, 4.69) is 19.2 Å². The highest BCUT2D eigenvalue weighted by atomic mass is 32.2. The Balaban J connectivity index is 2.27. The van der Waals surface area contributed by atoms with Gasteiger partial charge in [-0.2, -0.15) is 0 Å². The van der Waals surface area contributed by atoms with Crippen molar-refractivity contribution in [1.82, 2.24) is 9.62 Å². The van der Waals surface area contributed by atoms with Crippen LogP contribution in [0, 0.1) is 11.8 Å². The fraction of sp³-hybridized carbons (Fsp3) is 1.00. The first kappa shape index (κ1) is 17.9. The topological polar surface area (TPSA) is 58.6 Å². The van der Waals surface area contributed by atoms with E-state index in [4.69, 9.17) is 4.74 Å². The van der Waals surface area contributed by atoms with Crippen molar-refractivity contribution in [2.45, 2.75) is 33.6 Å². The summed E-state index contributed by atoms with van der Waals surface area (Å²) < 4.78 is 31.0. The van der Waals surface area contributed by atoms with Crippen molar-refractivity contribution in [2.75, 3.05) is 45.1 Å². The summed E-state index contributed by atoms with van der Waals surface area (Å²) in [6, 6.07) is 0. The monoisotopic (exact) mass is 306 g/mol. The molecule has 0 aromatic heterocycles. The van der Waals surface area contributed by atoms with Gasteiger partial charge in [0.15, 0.2) is 0 Å². The molecule has 1 heterocycles. The van der Waals surface area contributed by atoms with Crippen molar-refractivity contribution < 1.29 is 13.2 Å². The van der Waals surface area contributed by atoms with Crippen molar-refractivity contribution >= 4 is 10.0 Å². The molecule has 20 heavy (non-hydrogen) atoms. The summed E-state index contributed by atoms with van der Waals surface area (Å²) in [5.41, 5.74) is 0. The minimum absolute atomic E-state index is 0.108. The lowest BCUT2D eigenvalue weighted by Crippen LogP contribution is -2.42. The summed E-state index contributed by atoms with van der Waals surface area (Å²) in [6.45, 7) is 10.5. The third kappa shape index (κ3) is 6.52. The Morgan fingerprint density at radius 1 is 1.30 bits per heavy atom. The number of hydrogen-bond acceptors (Lipinski definition) is 4. The molecule has 0 saturated carbocycles. The molecule has 0 aliphatic carbocycles. The quantitative estimate of drug-likeness (QED) is 0.653. The lowest BCUT2D eigenvalue weighted by molar-refractivity contribution is 0.161. The van der Waals surface area contributed by atoms with E-state index < -0.39 is 10.0 Å². The molecule has 1 aliphatic rings. The van der Waals surface area contributed by atoms with E-state index in [-0.39, 0.29) is 5.75 Å². The molecular weight excluding hydrogens is 276 g/mol. The van der Waals surface area contributed by atoms with Crippen molar-refractivity contribution in [3.63, 3.8) is 0 Å². The Hall–Kier alpha value is -0.170. The highest BCUT2D eigenvalue weighted by molar-refractivity contribution is 7.89. The van der Waals surface area contributed by atoms with Gasteiger partial charge in [-0.1, -0.05) is 13.8 Å². The molecule has 0 amide bonds. The van der Waals surface area contributed by atoms with Crippen LogP contribution in [0.15, 0.2) is 0 Å². The average molecular weight is 306 g/mol. The molecule has 120 valence electrons. The number of nitrogens with zero attached hydrogens (tertiary/aromatic N) is 1. The van der Waals surface area contributed by atoms with Crippen LogP contribution in [0.2, 0.25) is 0 Å². The summed E-state index contributed by atoms with van der Waals surface area (Å²) in [5, 5.41) is 3.46. The second-order valence-electron chi connectivity index (χ2n) is 5.91. The molecule has 0 atom stereocenters. The number of piperidine rings is 1. The van der Waals surface area contributed by atoms with Crippen LogP contribution in [0.25, 0.3) is 0 Å². The van der Waals surface area contributed by atoms with Crippen LogP contribution >= 0.6 is 0 Å². The van der Waals surface area contributed by atoms with Crippen LogP contribution < -0.4 is 5.32 Å². The fourth-order valence-corrected chi connectivity index (χ4v) is 3.76. The maximum atomic E-state index is 12.1. The van der Waals surface area contributed by atoms with Crippen LogP contribution in [0.3, 0.4) is 0 Å². The Morgan fingerprint density at radius 3 is 2.50 bits per heavy atom. The maximum absolute atomic E-state index is 12.1. The molecular formula is C14H30N2O3S. The van der Waals surface area contributed by atoms with Gasteiger partial charge in [-0.15, -0.1) is 0 Å². The van der Waals surface area contributed by atoms with Gasteiger partial charge in [0.2, 0.25) is 10.0 Å². The summed E-state index contributed by atoms with van der Waals surface area (Å²) in [7, 11) is -3.13. The van der Waals surface area contributed by atoms with E-state index in [1.165, 1.54) is 0 Å². The van der Waals surface area contributed by atoms with Crippen molar-refractivity contribution in [3.05, 3.63) is 0 Å². The molecule has 0 spiro atoms. The summed E-state index contributed by atoms with van der Waals surface area (Å²) in [5.74, 6) is 1.37. The number of nitrogens with one attached hydrogen (secondary N) is 1. The first-order valence-corrected chi connectivity index (χ1v) is 9.33. The van der Waals surface area contributed by atoms with Gasteiger partial charge in [-0.25, -0.2) is 12.7 Å². The van der Waals surface area contributed by atoms with Crippen LogP contribution in [0.1, 0.15) is 33.6 Å². The molecule has 1 rings (SSSR count). The lowest BCUT2D eigenvalue weighted by Gasteiger charge is -2.31. The first-order valence-electron chi connectivity index (χ1n) is 7.72. The van der Waals surface area contributed by atoms with Gasteiger partial charge >= 0.3 is 0 Å². The van der Waals surface area contributed by atoms with Crippen LogP contribution in [0.5, 0.6) is 0 Å². The van der Waals surface area contributed by atoms with Gasteiger partial charge in [-0.05, 0) is 44.7 Å². The van der Waals surface area contributed by atoms with Crippen LogP contribution in [0.4, 0.5) is 0 Å². The smallest absolute Gasteiger partial charge is 0.216 e. The summed E-state index contributed by atoms with van der Waals surface area (Å²) in [6.07, 6.45) is 1.91. The fourth-order valence-electron chi connectivity index (χ4n) is 2.41. The molecule has 0 bridgehead atoms. The first-order chi connectivity index (χ1) is 9.45. The normalized spacial score (nSPS) is 18.8. The third-order valence-corrected chi connectivity index (χ3v) is 5.48. The molecule has 0 unspecified atom stereocenters. The second kappa shape index (κ2) is 8.97. The third-order valence-electron chi connectivity index (χ3n) is 3.64. The molecule has 1 N–H and O–H groups in total. The predicted molar refractivity (Wildman–Crippen MR) is 82.3 cm³/mol. The SMILES string of the molecule is CCOCCS(=O)(=O)N1CCC(CNCC(C)C)CC1. The van der Waals surface area contributed by atoms with Crippen LogP contribution in [-0.2, 0) is 14.8 Å². The van der Waals surface area contributed by atoms with E-state index in [1.807, 2.05) is 6.92 Å². The predicted octanol–water partition coefficient (Wildman–Crippen LogP) is 1.31. The van der Waals surface area contributed by atoms with Gasteiger partial charge in [0.1, 0.15) is 0 Å². The number of hydrogen-bond donors (Lipinski definition) is 1. The number of ether oxygens (including phenoxy) is 1. The van der Waals surface area contributed by atoms with E-state index in [0.717, 1.165) is 25.9 Å². The molecule has 5 nitrogen and oxygen atoms in total. The van der Waals surface area contributed by atoms with Crippen molar-refractivity contribution in [3.8, 4) is 0 Å². The minimum atomic E-state index is -3.13. The largest absolute Gasteiger partial charge is 0.381 e. The lowest BCUT2D eigenvalue weighted by atomic mass is 9.98. The van der Waals surface area contributed by atoms with Crippen LogP contribution in [-0.4, -0.2) is 57.9 Å². The number of rotatable bonds is 9. The Morgan fingerprint density at radius 2 is 1.95 bits per heavy atom. The minimum Gasteiger partial charge on any atom is -0.381 e. The van der Waals surface area contributed by atoms with Gasteiger partial charge in [0, 0.05) is 19.7 Å². The molecule has 0 aromatic carbocycles. The zero-order valence-corrected chi connectivity index (χ0v) is 13.9. The highest BCUT2D eigenvalue weighted by Crippen LogP contribution is 2.19. The molecule has 1 aliphatic heterocycles. The Labute approximate surface area is 124 Å². The number of sulfonamides is 1. The van der Waals surface area contributed by atoms with Gasteiger partial charge in [0.05, 0.1) is 12.4 Å². The zero-order valence-electron chi connectivity index (χ0n) is 13.1.